The monoisotopic (exact) mass is 194 g/mol. The summed E-state index contributed by atoms with van der Waals surface area (Å²) in [5.74, 6) is -0.160. The molecular weight excluding hydrogens is 184 g/mol. The summed E-state index contributed by atoms with van der Waals surface area (Å²) in [5, 5.41) is 0. The first-order chi connectivity index (χ1) is 6.75. The van der Waals surface area contributed by atoms with Gasteiger partial charge in [0.1, 0.15) is 12.2 Å². The molecule has 0 N–H and O–H groups in total. The Kier molecular flexibility index (Phi) is 1.02. The topological polar surface area (TPSA) is 52.6 Å². The van der Waals surface area contributed by atoms with Gasteiger partial charge in [0, 0.05) is 11.8 Å². The molecule has 4 nitrogen and oxygen atoms in total. The average molecular weight is 194 g/mol. The Labute approximate surface area is 80.6 Å². The lowest BCUT2D eigenvalue weighted by Gasteiger charge is -2.40. The Morgan fingerprint density at radius 3 is 1.71 bits per heavy atom. The second-order valence-corrected chi connectivity index (χ2v) is 4.80. The van der Waals surface area contributed by atoms with Crippen molar-refractivity contribution in [3.05, 3.63) is 0 Å². The second-order valence-electron chi connectivity index (χ2n) is 4.80. The van der Waals surface area contributed by atoms with Gasteiger partial charge in [0.2, 0.25) is 0 Å². The highest BCUT2D eigenvalue weighted by Gasteiger charge is 2.67. The van der Waals surface area contributed by atoms with Gasteiger partial charge in [0.15, 0.2) is 0 Å². The van der Waals surface area contributed by atoms with E-state index < -0.39 is 0 Å². The Morgan fingerprint density at radius 1 is 0.857 bits per heavy atom. The first kappa shape index (κ1) is 7.26. The predicted octanol–water partition coefficient (Wildman–Crippen LogP) is 0.109. The first-order valence-electron chi connectivity index (χ1n) is 5.16. The molecule has 2 aliphatic heterocycles. The molecule has 0 aromatic rings. The zero-order chi connectivity index (χ0) is 9.45. The summed E-state index contributed by atoms with van der Waals surface area (Å²) in [7, 11) is 0. The van der Waals surface area contributed by atoms with Crippen molar-refractivity contribution in [2.24, 2.45) is 23.7 Å². The van der Waals surface area contributed by atoms with Crippen molar-refractivity contribution in [2.45, 2.75) is 25.0 Å². The van der Waals surface area contributed by atoms with Crippen molar-refractivity contribution < 1.29 is 19.1 Å². The van der Waals surface area contributed by atoms with Crippen LogP contribution in [0.4, 0.5) is 0 Å². The highest BCUT2D eigenvalue weighted by molar-refractivity contribution is 5.86. The molecule has 0 spiro atoms. The van der Waals surface area contributed by atoms with Crippen LogP contribution in [0.15, 0.2) is 0 Å². The van der Waals surface area contributed by atoms with Gasteiger partial charge in [-0.15, -0.1) is 0 Å². The Balaban J connectivity index is 1.88. The van der Waals surface area contributed by atoms with Crippen LogP contribution in [0.1, 0.15) is 12.8 Å². The third-order valence-electron chi connectivity index (χ3n) is 4.35. The van der Waals surface area contributed by atoms with E-state index in [1.807, 2.05) is 0 Å². The molecule has 6 atom stereocenters. The SMILES string of the molecule is O=C1O[C@H]2C[C@H]3[C@@H]4C(=O)O[C@@H]3C[C@@H]2[C@@H]14. The molecule has 14 heavy (non-hydrogen) atoms. The van der Waals surface area contributed by atoms with Gasteiger partial charge < -0.3 is 9.47 Å². The van der Waals surface area contributed by atoms with Gasteiger partial charge in [-0.2, -0.15) is 0 Å². The van der Waals surface area contributed by atoms with Crippen LogP contribution < -0.4 is 0 Å². The van der Waals surface area contributed by atoms with Crippen molar-refractivity contribution in [2.75, 3.05) is 0 Å². The molecule has 2 saturated heterocycles. The molecule has 0 radical (unpaired) electrons. The van der Waals surface area contributed by atoms with E-state index >= 15 is 0 Å². The Morgan fingerprint density at radius 2 is 1.29 bits per heavy atom. The summed E-state index contributed by atoms with van der Waals surface area (Å²) in [5.41, 5.74) is 0. The van der Waals surface area contributed by atoms with Crippen molar-refractivity contribution in [1.82, 2.24) is 0 Å². The third-order valence-corrected chi connectivity index (χ3v) is 4.35. The summed E-state index contributed by atoms with van der Waals surface area (Å²) in [6.45, 7) is 0. The van der Waals surface area contributed by atoms with E-state index in [0.29, 0.717) is 0 Å². The molecule has 0 amide bonds. The molecule has 0 unspecified atom stereocenters. The van der Waals surface area contributed by atoms with Crippen LogP contribution in [0.2, 0.25) is 0 Å². The lowest BCUT2D eigenvalue weighted by Crippen LogP contribution is -2.47. The number of hydrogen-bond donors (Lipinski definition) is 0. The fraction of sp³-hybridized carbons (Fsp3) is 0.800. The van der Waals surface area contributed by atoms with Crippen molar-refractivity contribution >= 4 is 11.9 Å². The second kappa shape index (κ2) is 1.97. The van der Waals surface area contributed by atoms with Crippen LogP contribution in [0.25, 0.3) is 0 Å². The van der Waals surface area contributed by atoms with E-state index in [1.165, 1.54) is 0 Å². The number of carbonyl (C=O) groups is 2. The number of rotatable bonds is 0. The number of carbonyl (C=O) groups excluding carboxylic acids is 2. The van der Waals surface area contributed by atoms with Crippen LogP contribution >= 0.6 is 0 Å². The standard InChI is InChI=1S/C10H10O4/c11-9-7-3-1-5-4(2-6(3)14-9)8(7)10(12)13-5/h3-8H,1-2H2/t3-,4+,5+,6-,7+,8-. The summed E-state index contributed by atoms with van der Waals surface area (Å²) in [6, 6.07) is 0. The quantitative estimate of drug-likeness (QED) is 0.513. The highest BCUT2D eigenvalue weighted by Crippen LogP contribution is 2.58. The molecule has 5 fully saturated rings. The van der Waals surface area contributed by atoms with E-state index in [-0.39, 0.29) is 47.8 Å². The minimum Gasteiger partial charge on any atom is -0.462 e. The largest absolute Gasteiger partial charge is 0.462 e. The van der Waals surface area contributed by atoms with Gasteiger partial charge in [-0.05, 0) is 12.8 Å². The maximum atomic E-state index is 11.5. The molecule has 74 valence electrons. The molecule has 2 heterocycles. The molecule has 0 aromatic carbocycles. The van der Waals surface area contributed by atoms with Crippen LogP contribution in [-0.2, 0) is 19.1 Å². The van der Waals surface area contributed by atoms with Crippen LogP contribution in [0.3, 0.4) is 0 Å². The highest BCUT2D eigenvalue weighted by atomic mass is 16.6. The molecule has 5 rings (SSSR count). The van der Waals surface area contributed by atoms with Gasteiger partial charge in [0.05, 0.1) is 11.8 Å². The smallest absolute Gasteiger partial charge is 0.310 e. The third kappa shape index (κ3) is 0.586. The molecule has 6 bridgehead atoms. The maximum Gasteiger partial charge on any atom is 0.310 e. The van der Waals surface area contributed by atoms with E-state index in [2.05, 4.69) is 0 Å². The zero-order valence-electron chi connectivity index (χ0n) is 7.51. The van der Waals surface area contributed by atoms with Crippen LogP contribution in [0, 0.1) is 23.7 Å². The molecule has 4 heteroatoms. The summed E-state index contributed by atoms with van der Waals surface area (Å²) < 4.78 is 10.5. The minimum absolute atomic E-state index is 0.0829. The lowest BCUT2D eigenvalue weighted by molar-refractivity contribution is -0.151. The molecule has 3 aliphatic carbocycles. The zero-order valence-corrected chi connectivity index (χ0v) is 7.51. The molecule has 3 saturated carbocycles. The molecular formula is C10H10O4. The fourth-order valence-electron chi connectivity index (χ4n) is 3.85. The van der Waals surface area contributed by atoms with Gasteiger partial charge in [-0.3, -0.25) is 9.59 Å². The van der Waals surface area contributed by atoms with Gasteiger partial charge in [-0.25, -0.2) is 0 Å². The fourth-order valence-corrected chi connectivity index (χ4v) is 3.85. The van der Waals surface area contributed by atoms with Gasteiger partial charge in [0.25, 0.3) is 0 Å². The molecule has 5 aliphatic rings. The minimum atomic E-state index is -0.176. The summed E-state index contributed by atoms with van der Waals surface area (Å²) in [4.78, 5) is 23.1. The number of ether oxygens (including phenoxy) is 2. The average Bonchev–Trinajstić information content (AvgIpc) is 2.53. The van der Waals surface area contributed by atoms with Crippen LogP contribution in [-0.4, -0.2) is 24.1 Å². The maximum absolute atomic E-state index is 11.5. The lowest BCUT2D eigenvalue weighted by atomic mass is 9.59. The Bertz CT molecular complexity index is 316. The summed E-state index contributed by atoms with van der Waals surface area (Å²) in [6.07, 6.45) is 1.85. The first-order valence-corrected chi connectivity index (χ1v) is 5.16. The van der Waals surface area contributed by atoms with E-state index in [1.54, 1.807) is 0 Å². The van der Waals surface area contributed by atoms with Crippen LogP contribution in [0.5, 0.6) is 0 Å². The molecule has 0 aromatic heterocycles. The van der Waals surface area contributed by atoms with E-state index in [4.69, 9.17) is 9.47 Å². The summed E-state index contributed by atoms with van der Waals surface area (Å²) >= 11 is 0. The van der Waals surface area contributed by atoms with Gasteiger partial charge in [-0.1, -0.05) is 0 Å². The predicted molar refractivity (Wildman–Crippen MR) is 43.0 cm³/mol. The van der Waals surface area contributed by atoms with Crippen molar-refractivity contribution in [1.29, 1.82) is 0 Å². The van der Waals surface area contributed by atoms with E-state index in [0.717, 1.165) is 12.8 Å². The normalized spacial score (nSPS) is 57.4. The van der Waals surface area contributed by atoms with Gasteiger partial charge >= 0.3 is 11.9 Å². The van der Waals surface area contributed by atoms with Crippen molar-refractivity contribution in [3.8, 4) is 0 Å². The van der Waals surface area contributed by atoms with Crippen molar-refractivity contribution in [3.63, 3.8) is 0 Å². The Hall–Kier alpha value is -1.06. The number of esters is 2. The van der Waals surface area contributed by atoms with E-state index in [9.17, 15) is 9.59 Å². The number of hydrogen-bond acceptors (Lipinski definition) is 4.